The molecule has 0 N–H and O–H groups in total. The number of piperidine rings is 1. The Balaban J connectivity index is 2.04. The number of hydrogen-bond acceptors (Lipinski definition) is 5. The highest BCUT2D eigenvalue weighted by atomic mass is 35.5. The summed E-state index contributed by atoms with van der Waals surface area (Å²) in [5.41, 5.74) is 1.48. The number of aryl methyl sites for hydroxylation is 2. The molecule has 2 aliphatic rings. The Morgan fingerprint density at radius 3 is 2.28 bits per heavy atom. The molecule has 1 aromatic carbocycles. The molecule has 3 rings (SSSR count). The van der Waals surface area contributed by atoms with Crippen LogP contribution in [0.15, 0.2) is 12.1 Å². The number of carbonyl (C=O) groups excluding carboxylic acids is 2. The molecule has 136 valence electrons. The maximum Gasteiger partial charge on any atom is 0.262 e. The zero-order valence-electron chi connectivity index (χ0n) is 15.0. The van der Waals surface area contributed by atoms with Crippen molar-refractivity contribution in [1.82, 2.24) is 10.1 Å². The molecule has 0 radical (unpaired) electrons. The van der Waals surface area contributed by atoms with E-state index in [4.69, 9.17) is 21.3 Å². The Hall–Kier alpha value is -1.47. The van der Waals surface area contributed by atoms with Crippen LogP contribution in [-0.4, -0.2) is 54.7 Å². The zero-order chi connectivity index (χ0) is 18.4. The van der Waals surface area contributed by atoms with Gasteiger partial charge >= 0.3 is 0 Å². The second-order valence-electron chi connectivity index (χ2n) is 6.73. The Morgan fingerprint density at radius 2 is 1.76 bits per heavy atom. The van der Waals surface area contributed by atoms with E-state index in [1.54, 1.807) is 18.2 Å². The largest absolute Gasteiger partial charge is 0.302 e. The number of nitrogens with zero attached hydrogens (tertiary/aromatic N) is 2. The van der Waals surface area contributed by atoms with Crippen molar-refractivity contribution in [3.8, 4) is 0 Å². The van der Waals surface area contributed by atoms with Gasteiger partial charge in [0.25, 0.3) is 5.91 Å². The molecule has 0 bridgehead atoms. The molecule has 2 aliphatic heterocycles. The first-order valence-corrected chi connectivity index (χ1v) is 8.71. The minimum Gasteiger partial charge on any atom is -0.302 e. The average Bonchev–Trinajstić information content (AvgIpc) is 2.76. The molecule has 1 spiro atoms. The summed E-state index contributed by atoms with van der Waals surface area (Å²) in [5, 5.41) is 3.50. The number of rotatable bonds is 3. The van der Waals surface area contributed by atoms with Gasteiger partial charge in [-0.2, -0.15) is 5.06 Å². The highest BCUT2D eigenvalue weighted by molar-refractivity contribution is 6.33. The first kappa shape index (κ1) is 18.3. The lowest BCUT2D eigenvalue weighted by Gasteiger charge is -2.40. The third-order valence-corrected chi connectivity index (χ3v) is 5.63. The van der Waals surface area contributed by atoms with E-state index in [2.05, 4.69) is 0 Å². The third-order valence-electron chi connectivity index (χ3n) is 5.32. The molecule has 1 atom stereocenters. The number of halogens is 1. The van der Waals surface area contributed by atoms with Crippen LogP contribution in [0, 0.1) is 13.8 Å². The van der Waals surface area contributed by atoms with Gasteiger partial charge in [-0.1, -0.05) is 17.7 Å². The smallest absolute Gasteiger partial charge is 0.262 e. The van der Waals surface area contributed by atoms with Crippen LogP contribution in [0.1, 0.15) is 35.4 Å². The van der Waals surface area contributed by atoms with Gasteiger partial charge in [-0.15, -0.1) is 0 Å². The van der Waals surface area contributed by atoms with Gasteiger partial charge in [0.15, 0.2) is 5.78 Å². The average molecular weight is 367 g/mol. The van der Waals surface area contributed by atoms with Crippen LogP contribution in [0.25, 0.3) is 0 Å². The van der Waals surface area contributed by atoms with E-state index < -0.39 is 11.5 Å². The van der Waals surface area contributed by atoms with Gasteiger partial charge in [-0.05, 0) is 49.4 Å². The third kappa shape index (κ3) is 2.77. The lowest BCUT2D eigenvalue weighted by Crippen LogP contribution is -2.55. The Labute approximate surface area is 152 Å². The minimum absolute atomic E-state index is 0.135. The number of benzene rings is 1. The highest BCUT2D eigenvalue weighted by Gasteiger charge is 2.61. The number of Topliss-reactive ketones (excluding diaryl/α,β-unsaturated/α-hetero) is 1. The zero-order valence-corrected chi connectivity index (χ0v) is 15.7. The fourth-order valence-electron chi connectivity index (χ4n) is 4.11. The van der Waals surface area contributed by atoms with E-state index in [0.717, 1.165) is 11.1 Å². The second-order valence-corrected chi connectivity index (χ2v) is 7.14. The van der Waals surface area contributed by atoms with Crippen LogP contribution in [0.4, 0.5) is 0 Å². The van der Waals surface area contributed by atoms with Crippen LogP contribution in [0.5, 0.6) is 0 Å². The van der Waals surface area contributed by atoms with E-state index in [1.807, 2.05) is 19.9 Å². The summed E-state index contributed by atoms with van der Waals surface area (Å²) in [6.45, 7) is 4.93. The molecule has 2 heterocycles. The normalized spacial score (nSPS) is 23.7. The lowest BCUT2D eigenvalue weighted by atomic mass is 9.80. The predicted molar refractivity (Wildman–Crippen MR) is 93.1 cm³/mol. The Bertz CT molecular complexity index is 690. The van der Waals surface area contributed by atoms with Crippen molar-refractivity contribution in [2.45, 2.75) is 38.1 Å². The molecule has 1 unspecified atom stereocenters. The van der Waals surface area contributed by atoms with Crippen molar-refractivity contribution in [1.29, 1.82) is 0 Å². The number of ketones is 1. The maximum absolute atomic E-state index is 13.4. The molecule has 1 aromatic rings. The van der Waals surface area contributed by atoms with Crippen LogP contribution in [0.2, 0.25) is 5.02 Å². The fourth-order valence-corrected chi connectivity index (χ4v) is 4.54. The molecule has 2 fully saturated rings. The Kier molecular flexibility index (Phi) is 4.90. The maximum atomic E-state index is 13.4. The standard InChI is InChI=1S/C18H23ClN2O4/c1-11-9-12(2)14(13(19)10-11)15-16(22)18(21(25-4)17(15)23)5-7-20(24-3)8-6-18/h9-10,15H,5-8H2,1-4H3. The van der Waals surface area contributed by atoms with E-state index >= 15 is 0 Å². The molecule has 0 saturated carbocycles. The van der Waals surface area contributed by atoms with Gasteiger partial charge in [-0.25, -0.2) is 5.06 Å². The molecular weight excluding hydrogens is 344 g/mol. The van der Waals surface area contributed by atoms with Crippen LogP contribution >= 0.6 is 11.6 Å². The predicted octanol–water partition coefficient (Wildman–Crippen LogP) is 2.41. The molecule has 25 heavy (non-hydrogen) atoms. The topological polar surface area (TPSA) is 59.1 Å². The summed E-state index contributed by atoms with van der Waals surface area (Å²) in [6.07, 6.45) is 0.941. The summed E-state index contributed by atoms with van der Waals surface area (Å²) in [7, 11) is 3.04. The summed E-state index contributed by atoms with van der Waals surface area (Å²) >= 11 is 6.42. The van der Waals surface area contributed by atoms with Crippen LogP contribution in [0.3, 0.4) is 0 Å². The van der Waals surface area contributed by atoms with Crippen LogP contribution < -0.4 is 0 Å². The van der Waals surface area contributed by atoms with Crippen LogP contribution in [-0.2, 0) is 19.3 Å². The summed E-state index contributed by atoms with van der Waals surface area (Å²) in [5.74, 6) is -1.39. The van der Waals surface area contributed by atoms with Crippen molar-refractivity contribution in [3.05, 3.63) is 33.8 Å². The van der Waals surface area contributed by atoms with E-state index in [-0.39, 0.29) is 11.7 Å². The first-order chi connectivity index (χ1) is 11.9. The van der Waals surface area contributed by atoms with Gasteiger partial charge in [0, 0.05) is 18.1 Å². The van der Waals surface area contributed by atoms with Gasteiger partial charge in [-0.3, -0.25) is 14.4 Å². The SMILES string of the molecule is CON1CCC2(CC1)C(=O)C(c1c(C)cc(C)cc1Cl)C(=O)N2OC. The first-order valence-electron chi connectivity index (χ1n) is 8.34. The molecule has 7 heteroatoms. The van der Waals surface area contributed by atoms with E-state index in [0.29, 0.717) is 36.5 Å². The molecule has 0 aromatic heterocycles. The molecule has 1 amide bonds. The van der Waals surface area contributed by atoms with Crippen molar-refractivity contribution < 1.29 is 19.3 Å². The molecule has 0 aliphatic carbocycles. The van der Waals surface area contributed by atoms with E-state index in [1.165, 1.54) is 12.2 Å². The van der Waals surface area contributed by atoms with E-state index in [9.17, 15) is 9.59 Å². The number of hydrogen-bond donors (Lipinski definition) is 0. The minimum atomic E-state index is -0.952. The van der Waals surface area contributed by atoms with Gasteiger partial charge in [0.1, 0.15) is 11.5 Å². The van der Waals surface area contributed by atoms with Crippen molar-refractivity contribution >= 4 is 23.3 Å². The van der Waals surface area contributed by atoms with Gasteiger partial charge < -0.3 is 4.84 Å². The lowest BCUT2D eigenvalue weighted by molar-refractivity contribution is -0.219. The fraction of sp³-hybridized carbons (Fsp3) is 0.556. The number of carbonyl (C=O) groups is 2. The molecule has 6 nitrogen and oxygen atoms in total. The van der Waals surface area contributed by atoms with Crippen molar-refractivity contribution in [2.75, 3.05) is 27.3 Å². The van der Waals surface area contributed by atoms with Gasteiger partial charge in [0.2, 0.25) is 0 Å². The Morgan fingerprint density at radius 1 is 1.12 bits per heavy atom. The number of hydroxylamine groups is 4. The quantitative estimate of drug-likeness (QED) is 0.769. The monoisotopic (exact) mass is 366 g/mol. The number of amides is 1. The summed E-state index contributed by atoms with van der Waals surface area (Å²) in [4.78, 5) is 37.0. The highest BCUT2D eigenvalue weighted by Crippen LogP contribution is 2.45. The van der Waals surface area contributed by atoms with Crippen molar-refractivity contribution in [3.63, 3.8) is 0 Å². The molecule has 2 saturated heterocycles. The second kappa shape index (κ2) is 6.68. The van der Waals surface area contributed by atoms with Gasteiger partial charge in [0.05, 0.1) is 14.2 Å². The van der Waals surface area contributed by atoms with Crippen molar-refractivity contribution in [2.24, 2.45) is 0 Å². The summed E-state index contributed by atoms with van der Waals surface area (Å²) in [6, 6.07) is 3.73. The molecular formula is C18H23ClN2O4. The summed E-state index contributed by atoms with van der Waals surface area (Å²) < 4.78 is 0.